The number of nitrogens with zero attached hydrogens (tertiary/aromatic N) is 4. The van der Waals surface area contributed by atoms with Gasteiger partial charge in [-0.05, 0) is 6.07 Å². The summed E-state index contributed by atoms with van der Waals surface area (Å²) in [7, 11) is 0. The number of carbonyl (C=O) groups excluding carboxylic acids is 1. The van der Waals surface area contributed by atoms with Crippen molar-refractivity contribution in [2.45, 2.75) is 13.2 Å². The standard InChI is InChI=1S/C14H12F2N6O2/c15-13(16)24-10-3-7(6-23)1-2-8(10)5-22-11-9(4-19-22)20-14(18)21-12(11)17/h1-4,6,13H,5H2,(H4,17,18,20,21). The van der Waals surface area contributed by atoms with Crippen LogP contribution in [0.3, 0.4) is 0 Å². The molecule has 0 radical (unpaired) electrons. The molecule has 0 spiro atoms. The summed E-state index contributed by atoms with van der Waals surface area (Å²) < 4.78 is 31.1. The summed E-state index contributed by atoms with van der Waals surface area (Å²) in [5.74, 6) is 0.0145. The van der Waals surface area contributed by atoms with E-state index in [0.29, 0.717) is 22.9 Å². The quantitative estimate of drug-likeness (QED) is 0.677. The van der Waals surface area contributed by atoms with Crippen molar-refractivity contribution in [2.24, 2.45) is 0 Å². The molecule has 2 aromatic heterocycles. The molecule has 0 aliphatic carbocycles. The van der Waals surface area contributed by atoms with Gasteiger partial charge in [0.15, 0.2) is 5.82 Å². The fourth-order valence-corrected chi connectivity index (χ4v) is 2.31. The number of aromatic nitrogens is 4. The number of aldehydes is 1. The smallest absolute Gasteiger partial charge is 0.387 e. The average Bonchev–Trinajstić information content (AvgIpc) is 2.91. The molecule has 0 atom stereocenters. The molecule has 4 N–H and O–H groups in total. The van der Waals surface area contributed by atoms with Crippen LogP contribution in [0.2, 0.25) is 0 Å². The Morgan fingerprint density at radius 1 is 1.29 bits per heavy atom. The normalized spacial score (nSPS) is 11.1. The van der Waals surface area contributed by atoms with Gasteiger partial charge in [-0.3, -0.25) is 9.48 Å². The molecule has 24 heavy (non-hydrogen) atoms. The first-order valence-electron chi connectivity index (χ1n) is 6.75. The van der Waals surface area contributed by atoms with Crippen LogP contribution in [0, 0.1) is 0 Å². The molecule has 0 aliphatic rings. The number of nitrogen functional groups attached to an aromatic ring is 2. The van der Waals surface area contributed by atoms with E-state index >= 15 is 0 Å². The molecular weight excluding hydrogens is 322 g/mol. The van der Waals surface area contributed by atoms with E-state index in [9.17, 15) is 13.6 Å². The molecule has 0 fully saturated rings. The van der Waals surface area contributed by atoms with Gasteiger partial charge in [0.25, 0.3) is 0 Å². The number of nitrogens with two attached hydrogens (primary N) is 2. The van der Waals surface area contributed by atoms with Gasteiger partial charge in [-0.2, -0.15) is 18.9 Å². The molecular formula is C14H12F2N6O2. The van der Waals surface area contributed by atoms with Crippen molar-refractivity contribution in [1.82, 2.24) is 19.7 Å². The molecule has 3 aromatic rings. The summed E-state index contributed by atoms with van der Waals surface area (Å²) in [6.45, 7) is -2.95. The van der Waals surface area contributed by atoms with Crippen molar-refractivity contribution in [3.05, 3.63) is 35.5 Å². The van der Waals surface area contributed by atoms with Gasteiger partial charge in [-0.25, -0.2) is 4.98 Å². The molecule has 3 rings (SSSR count). The molecule has 1 aromatic carbocycles. The van der Waals surface area contributed by atoms with Gasteiger partial charge in [-0.15, -0.1) is 0 Å². The second-order valence-corrected chi connectivity index (χ2v) is 4.87. The van der Waals surface area contributed by atoms with E-state index in [-0.39, 0.29) is 29.6 Å². The summed E-state index contributed by atoms with van der Waals surface area (Å²) in [5.41, 5.74) is 12.8. The van der Waals surface area contributed by atoms with Crippen molar-refractivity contribution in [2.75, 3.05) is 11.5 Å². The second-order valence-electron chi connectivity index (χ2n) is 4.87. The van der Waals surface area contributed by atoms with Crippen LogP contribution in [-0.2, 0) is 6.54 Å². The number of hydrogen-bond donors (Lipinski definition) is 2. The number of anilines is 2. The molecule has 10 heteroatoms. The Kier molecular flexibility index (Phi) is 3.94. The third-order valence-corrected chi connectivity index (χ3v) is 3.30. The van der Waals surface area contributed by atoms with Gasteiger partial charge < -0.3 is 16.2 Å². The zero-order valence-electron chi connectivity index (χ0n) is 12.2. The van der Waals surface area contributed by atoms with Gasteiger partial charge in [0.1, 0.15) is 23.1 Å². The number of hydrogen-bond acceptors (Lipinski definition) is 7. The minimum absolute atomic E-state index is 0.0107. The van der Waals surface area contributed by atoms with Gasteiger partial charge in [0.05, 0.1) is 12.7 Å². The lowest BCUT2D eigenvalue weighted by Gasteiger charge is -2.12. The van der Waals surface area contributed by atoms with Crippen LogP contribution in [0.1, 0.15) is 15.9 Å². The highest BCUT2D eigenvalue weighted by molar-refractivity contribution is 5.85. The van der Waals surface area contributed by atoms with Gasteiger partial charge in [0.2, 0.25) is 5.95 Å². The van der Waals surface area contributed by atoms with Crippen molar-refractivity contribution in [3.8, 4) is 5.75 Å². The predicted octanol–water partition coefficient (Wildman–Crippen LogP) is 1.45. The summed E-state index contributed by atoms with van der Waals surface area (Å²) in [6, 6.07) is 4.23. The Balaban J connectivity index is 2.03. The number of alkyl halides is 2. The first-order chi connectivity index (χ1) is 11.5. The molecule has 124 valence electrons. The summed E-state index contributed by atoms with van der Waals surface area (Å²) >= 11 is 0. The summed E-state index contributed by atoms with van der Waals surface area (Å²) in [5, 5.41) is 4.12. The Labute approximate surface area is 134 Å². The van der Waals surface area contributed by atoms with E-state index in [0.717, 1.165) is 0 Å². The van der Waals surface area contributed by atoms with Gasteiger partial charge >= 0.3 is 6.61 Å². The maximum atomic E-state index is 12.6. The topological polar surface area (TPSA) is 122 Å². The van der Waals surface area contributed by atoms with E-state index in [1.807, 2.05) is 0 Å². The first-order valence-corrected chi connectivity index (χ1v) is 6.75. The molecule has 0 unspecified atom stereocenters. The molecule has 0 saturated carbocycles. The van der Waals surface area contributed by atoms with Crippen molar-refractivity contribution >= 4 is 29.1 Å². The van der Waals surface area contributed by atoms with E-state index in [4.69, 9.17) is 11.5 Å². The molecule has 0 saturated heterocycles. The van der Waals surface area contributed by atoms with Crippen LogP contribution < -0.4 is 16.2 Å². The SMILES string of the molecule is Nc1nc(N)c2c(cnn2Cc2ccc(C=O)cc2OC(F)F)n1. The Hall–Kier alpha value is -3.30. The second kappa shape index (κ2) is 6.07. The number of ether oxygens (including phenoxy) is 1. The number of benzene rings is 1. The third kappa shape index (κ3) is 2.93. The van der Waals surface area contributed by atoms with Crippen LogP contribution in [0.15, 0.2) is 24.4 Å². The fraction of sp³-hybridized carbons (Fsp3) is 0.143. The van der Waals surface area contributed by atoms with Crippen molar-refractivity contribution < 1.29 is 18.3 Å². The lowest BCUT2D eigenvalue weighted by atomic mass is 10.1. The zero-order chi connectivity index (χ0) is 17.3. The largest absolute Gasteiger partial charge is 0.434 e. The highest BCUT2D eigenvalue weighted by Gasteiger charge is 2.15. The highest BCUT2D eigenvalue weighted by Crippen LogP contribution is 2.25. The molecule has 2 heterocycles. The Morgan fingerprint density at radius 3 is 2.79 bits per heavy atom. The predicted molar refractivity (Wildman–Crippen MR) is 81.7 cm³/mol. The third-order valence-electron chi connectivity index (χ3n) is 3.30. The van der Waals surface area contributed by atoms with E-state index in [2.05, 4.69) is 19.8 Å². The van der Waals surface area contributed by atoms with Crippen molar-refractivity contribution in [3.63, 3.8) is 0 Å². The van der Waals surface area contributed by atoms with E-state index in [1.54, 1.807) is 0 Å². The maximum Gasteiger partial charge on any atom is 0.387 e. The average molecular weight is 334 g/mol. The zero-order valence-corrected chi connectivity index (χ0v) is 12.2. The van der Waals surface area contributed by atoms with E-state index < -0.39 is 6.61 Å². The molecule has 0 bridgehead atoms. The van der Waals surface area contributed by atoms with Crippen molar-refractivity contribution in [1.29, 1.82) is 0 Å². The lowest BCUT2D eigenvalue weighted by molar-refractivity contribution is -0.0505. The van der Waals surface area contributed by atoms with E-state index in [1.165, 1.54) is 29.1 Å². The molecule has 0 amide bonds. The lowest BCUT2D eigenvalue weighted by Crippen LogP contribution is -2.10. The first kappa shape index (κ1) is 15.6. The summed E-state index contributed by atoms with van der Waals surface area (Å²) in [4.78, 5) is 18.7. The van der Waals surface area contributed by atoms with Gasteiger partial charge in [0, 0.05) is 11.1 Å². The Bertz CT molecular complexity index is 912. The molecule has 0 aliphatic heterocycles. The number of fused-ring (bicyclic) bond motifs is 1. The van der Waals surface area contributed by atoms with Crippen LogP contribution >= 0.6 is 0 Å². The van der Waals surface area contributed by atoms with Gasteiger partial charge in [-0.1, -0.05) is 12.1 Å². The highest BCUT2D eigenvalue weighted by atomic mass is 19.3. The minimum Gasteiger partial charge on any atom is -0.434 e. The monoisotopic (exact) mass is 334 g/mol. The van der Waals surface area contributed by atoms with Crippen LogP contribution in [-0.4, -0.2) is 32.6 Å². The maximum absolute atomic E-state index is 12.6. The fourth-order valence-electron chi connectivity index (χ4n) is 2.31. The van der Waals surface area contributed by atoms with Crippen LogP contribution in [0.25, 0.3) is 11.0 Å². The number of carbonyl (C=O) groups is 1. The molecule has 8 nitrogen and oxygen atoms in total. The van der Waals surface area contributed by atoms with Crippen LogP contribution in [0.4, 0.5) is 20.5 Å². The summed E-state index contributed by atoms with van der Waals surface area (Å²) in [6.07, 6.45) is 1.98. The minimum atomic E-state index is -3.02. The van der Waals surface area contributed by atoms with Crippen LogP contribution in [0.5, 0.6) is 5.75 Å². The number of halogens is 2. The Morgan fingerprint density at radius 2 is 2.08 bits per heavy atom. The number of rotatable bonds is 5.